The number of hydrogen-bond donors (Lipinski definition) is 2. The van der Waals surface area contributed by atoms with E-state index in [0.717, 1.165) is 30.9 Å². The summed E-state index contributed by atoms with van der Waals surface area (Å²) < 4.78 is 0. The van der Waals surface area contributed by atoms with Crippen LogP contribution in [0.2, 0.25) is 0 Å². The lowest BCUT2D eigenvalue weighted by Gasteiger charge is -2.22. The van der Waals surface area contributed by atoms with Gasteiger partial charge in [-0.1, -0.05) is 0 Å². The number of nitrogens with two attached hydrogens (primary N) is 1. The number of anilines is 1. The van der Waals surface area contributed by atoms with Crippen LogP contribution < -0.4 is 10.6 Å². The van der Waals surface area contributed by atoms with E-state index in [0.29, 0.717) is 6.04 Å². The van der Waals surface area contributed by atoms with Crippen molar-refractivity contribution in [1.29, 1.82) is 5.41 Å². The SMILES string of the molecule is CN(C)C1CCN(c2ncccc2C(=N)N)C1. The minimum Gasteiger partial charge on any atom is -0.384 e. The maximum atomic E-state index is 7.58. The Morgan fingerprint density at radius 3 is 2.94 bits per heavy atom. The normalized spacial score (nSPS) is 19.9. The summed E-state index contributed by atoms with van der Waals surface area (Å²) >= 11 is 0. The van der Waals surface area contributed by atoms with E-state index in [9.17, 15) is 0 Å². The highest BCUT2D eigenvalue weighted by Gasteiger charge is 2.26. The molecule has 0 spiro atoms. The summed E-state index contributed by atoms with van der Waals surface area (Å²) in [5, 5.41) is 7.58. The predicted molar refractivity (Wildman–Crippen MR) is 69.6 cm³/mol. The first-order valence-corrected chi connectivity index (χ1v) is 5.80. The Morgan fingerprint density at radius 2 is 2.35 bits per heavy atom. The third-order valence-electron chi connectivity index (χ3n) is 3.27. The zero-order valence-electron chi connectivity index (χ0n) is 10.3. The van der Waals surface area contributed by atoms with Crippen molar-refractivity contribution in [2.24, 2.45) is 5.73 Å². The molecule has 5 heteroatoms. The summed E-state index contributed by atoms with van der Waals surface area (Å²) in [7, 11) is 4.19. The molecule has 2 rings (SSSR count). The number of aromatic nitrogens is 1. The van der Waals surface area contributed by atoms with Gasteiger partial charge in [0.15, 0.2) is 0 Å². The number of nitrogen functional groups attached to an aromatic ring is 1. The Kier molecular flexibility index (Phi) is 3.28. The molecule has 5 nitrogen and oxygen atoms in total. The fraction of sp³-hybridized carbons (Fsp3) is 0.500. The molecule has 0 aliphatic carbocycles. The summed E-state index contributed by atoms with van der Waals surface area (Å²) in [4.78, 5) is 8.80. The van der Waals surface area contributed by atoms with Gasteiger partial charge in [0.1, 0.15) is 11.7 Å². The Balaban J connectivity index is 2.21. The zero-order valence-corrected chi connectivity index (χ0v) is 10.3. The number of amidine groups is 1. The molecule has 1 atom stereocenters. The second-order valence-corrected chi connectivity index (χ2v) is 4.64. The van der Waals surface area contributed by atoms with E-state index in [4.69, 9.17) is 11.1 Å². The third-order valence-corrected chi connectivity index (χ3v) is 3.27. The molecule has 2 heterocycles. The van der Waals surface area contributed by atoms with Crippen LogP contribution in [0.1, 0.15) is 12.0 Å². The number of nitrogens with zero attached hydrogens (tertiary/aromatic N) is 3. The molecule has 17 heavy (non-hydrogen) atoms. The second-order valence-electron chi connectivity index (χ2n) is 4.64. The van der Waals surface area contributed by atoms with Crippen LogP contribution in [0.25, 0.3) is 0 Å². The Labute approximate surface area is 102 Å². The molecule has 1 aliphatic rings. The highest BCUT2D eigenvalue weighted by Crippen LogP contribution is 2.23. The van der Waals surface area contributed by atoms with Crippen LogP contribution >= 0.6 is 0 Å². The van der Waals surface area contributed by atoms with Gasteiger partial charge in [-0.25, -0.2) is 4.98 Å². The van der Waals surface area contributed by atoms with Gasteiger partial charge >= 0.3 is 0 Å². The minimum atomic E-state index is 0.0846. The lowest BCUT2D eigenvalue weighted by Crippen LogP contribution is -2.32. The monoisotopic (exact) mass is 233 g/mol. The Hall–Kier alpha value is -1.62. The van der Waals surface area contributed by atoms with Gasteiger partial charge in [-0.15, -0.1) is 0 Å². The first-order valence-electron chi connectivity index (χ1n) is 5.80. The van der Waals surface area contributed by atoms with E-state index < -0.39 is 0 Å². The Bertz CT molecular complexity index is 415. The smallest absolute Gasteiger partial charge is 0.139 e. The zero-order chi connectivity index (χ0) is 12.4. The van der Waals surface area contributed by atoms with Gasteiger partial charge in [-0.3, -0.25) is 5.41 Å². The summed E-state index contributed by atoms with van der Waals surface area (Å²) in [5.41, 5.74) is 6.31. The number of rotatable bonds is 3. The van der Waals surface area contributed by atoms with Crippen molar-refractivity contribution in [2.45, 2.75) is 12.5 Å². The molecule has 1 saturated heterocycles. The molecular formula is C12H19N5. The van der Waals surface area contributed by atoms with Gasteiger partial charge in [0, 0.05) is 25.3 Å². The van der Waals surface area contributed by atoms with Gasteiger partial charge in [-0.2, -0.15) is 0 Å². The standard InChI is InChI=1S/C12H19N5/c1-16(2)9-5-7-17(8-9)12-10(11(13)14)4-3-6-15-12/h3-4,6,9H,5,7-8H2,1-2H3,(H3,13,14). The number of hydrogen-bond acceptors (Lipinski definition) is 4. The van der Waals surface area contributed by atoms with Crippen LogP contribution in [-0.4, -0.2) is 48.9 Å². The van der Waals surface area contributed by atoms with Crippen molar-refractivity contribution < 1.29 is 0 Å². The van der Waals surface area contributed by atoms with Crippen LogP contribution in [0.3, 0.4) is 0 Å². The fourth-order valence-electron chi connectivity index (χ4n) is 2.21. The maximum absolute atomic E-state index is 7.58. The third kappa shape index (κ3) is 2.39. The largest absolute Gasteiger partial charge is 0.384 e. The van der Waals surface area contributed by atoms with Crippen molar-refractivity contribution in [2.75, 3.05) is 32.1 Å². The van der Waals surface area contributed by atoms with Crippen LogP contribution in [0.5, 0.6) is 0 Å². The van der Waals surface area contributed by atoms with Crippen LogP contribution in [0.15, 0.2) is 18.3 Å². The molecule has 0 radical (unpaired) electrons. The molecule has 1 aromatic heterocycles. The highest BCUT2D eigenvalue weighted by atomic mass is 15.3. The van der Waals surface area contributed by atoms with E-state index in [1.165, 1.54) is 0 Å². The number of pyridine rings is 1. The van der Waals surface area contributed by atoms with Crippen LogP contribution in [-0.2, 0) is 0 Å². The van der Waals surface area contributed by atoms with Gasteiger partial charge in [-0.05, 0) is 32.6 Å². The quantitative estimate of drug-likeness (QED) is 0.589. The van der Waals surface area contributed by atoms with E-state index in [2.05, 4.69) is 28.9 Å². The molecule has 1 fully saturated rings. The molecule has 0 bridgehead atoms. The lowest BCUT2D eigenvalue weighted by atomic mass is 10.2. The first-order chi connectivity index (χ1) is 8.09. The minimum absolute atomic E-state index is 0.0846. The van der Waals surface area contributed by atoms with Crippen molar-refractivity contribution in [3.05, 3.63) is 23.9 Å². The Morgan fingerprint density at radius 1 is 1.59 bits per heavy atom. The van der Waals surface area contributed by atoms with Crippen LogP contribution in [0, 0.1) is 5.41 Å². The van der Waals surface area contributed by atoms with Gasteiger partial charge < -0.3 is 15.5 Å². The molecule has 0 saturated carbocycles. The van der Waals surface area contributed by atoms with E-state index in [1.807, 2.05) is 12.1 Å². The molecule has 92 valence electrons. The van der Waals surface area contributed by atoms with Gasteiger partial charge in [0.25, 0.3) is 0 Å². The van der Waals surface area contributed by atoms with Crippen molar-refractivity contribution in [3.63, 3.8) is 0 Å². The molecule has 3 N–H and O–H groups in total. The molecule has 0 amide bonds. The van der Waals surface area contributed by atoms with Crippen molar-refractivity contribution >= 4 is 11.7 Å². The first kappa shape index (κ1) is 11.9. The molecule has 1 aliphatic heterocycles. The summed E-state index contributed by atoms with van der Waals surface area (Å²) in [6, 6.07) is 4.23. The number of likely N-dealkylation sites (N-methyl/N-ethyl adjacent to an activating group) is 1. The molecule has 1 unspecified atom stereocenters. The summed E-state index contributed by atoms with van der Waals surface area (Å²) in [6.07, 6.45) is 2.88. The average molecular weight is 233 g/mol. The van der Waals surface area contributed by atoms with Crippen LogP contribution in [0.4, 0.5) is 5.82 Å². The molecule has 1 aromatic rings. The fourth-order valence-corrected chi connectivity index (χ4v) is 2.21. The van der Waals surface area contributed by atoms with E-state index in [-0.39, 0.29) is 5.84 Å². The maximum Gasteiger partial charge on any atom is 0.139 e. The summed E-state index contributed by atoms with van der Waals surface area (Å²) in [6.45, 7) is 1.92. The summed E-state index contributed by atoms with van der Waals surface area (Å²) in [5.74, 6) is 0.922. The number of nitrogens with one attached hydrogen (secondary N) is 1. The molecule has 0 aromatic carbocycles. The second kappa shape index (κ2) is 4.71. The highest BCUT2D eigenvalue weighted by molar-refractivity contribution is 5.99. The van der Waals surface area contributed by atoms with Crippen molar-refractivity contribution in [1.82, 2.24) is 9.88 Å². The topological polar surface area (TPSA) is 69.2 Å². The van der Waals surface area contributed by atoms with Gasteiger partial charge in [0.05, 0.1) is 5.56 Å². The lowest BCUT2D eigenvalue weighted by molar-refractivity contribution is 0.315. The van der Waals surface area contributed by atoms with Gasteiger partial charge in [0.2, 0.25) is 0 Å². The predicted octanol–water partition coefficient (Wildman–Crippen LogP) is 0.506. The van der Waals surface area contributed by atoms with E-state index >= 15 is 0 Å². The van der Waals surface area contributed by atoms with Crippen molar-refractivity contribution in [3.8, 4) is 0 Å². The molecular weight excluding hydrogens is 214 g/mol. The van der Waals surface area contributed by atoms with E-state index in [1.54, 1.807) is 6.20 Å². The average Bonchev–Trinajstić information content (AvgIpc) is 2.78.